The highest BCUT2D eigenvalue weighted by atomic mass is 32.1. The molecule has 9 heteroatoms. The second-order valence-corrected chi connectivity index (χ2v) is 6.98. The maximum Gasteiger partial charge on any atom is 0.333 e. The number of para-hydroxylation sites is 1. The fourth-order valence-electron chi connectivity index (χ4n) is 2.82. The van der Waals surface area contributed by atoms with Crippen LogP contribution in [0.25, 0.3) is 12.2 Å². The molecule has 0 radical (unpaired) electrons. The molecule has 0 saturated carbocycles. The number of fused-ring (bicyclic) bond motifs is 1. The van der Waals surface area contributed by atoms with E-state index in [4.69, 9.17) is 0 Å². The van der Waals surface area contributed by atoms with E-state index in [1.54, 1.807) is 11.6 Å². The monoisotopic (exact) mass is 393 g/mol. The van der Waals surface area contributed by atoms with Crippen LogP contribution in [0.3, 0.4) is 0 Å². The van der Waals surface area contributed by atoms with E-state index in [2.05, 4.69) is 15.0 Å². The van der Waals surface area contributed by atoms with Crippen LogP contribution in [0.5, 0.6) is 5.88 Å². The Morgan fingerprint density at radius 3 is 2.71 bits per heavy atom. The lowest BCUT2D eigenvalue weighted by molar-refractivity contribution is 0.410. The first kappa shape index (κ1) is 17.8. The summed E-state index contributed by atoms with van der Waals surface area (Å²) in [4.78, 5) is 37.7. The molecule has 0 amide bonds. The van der Waals surface area contributed by atoms with Gasteiger partial charge in [-0.1, -0.05) is 18.2 Å². The molecule has 28 heavy (non-hydrogen) atoms. The highest BCUT2D eigenvalue weighted by Gasteiger charge is 2.16. The first-order valence-corrected chi connectivity index (χ1v) is 9.18. The maximum absolute atomic E-state index is 12.6. The molecule has 1 N–H and O–H groups in total. The highest BCUT2D eigenvalue weighted by molar-refractivity contribution is 7.13. The number of amidine groups is 1. The summed E-state index contributed by atoms with van der Waals surface area (Å²) in [6.07, 6.45) is 4.96. The van der Waals surface area contributed by atoms with Crippen molar-refractivity contribution in [1.82, 2.24) is 14.1 Å². The number of hydrogen-bond acceptors (Lipinski definition) is 6. The summed E-state index contributed by atoms with van der Waals surface area (Å²) in [5.74, 6) is -0.0505. The number of aromatic nitrogens is 3. The van der Waals surface area contributed by atoms with Gasteiger partial charge in [-0.3, -0.25) is 13.9 Å². The summed E-state index contributed by atoms with van der Waals surface area (Å²) in [6, 6.07) is 7.52. The molecule has 3 aromatic rings. The smallest absolute Gasteiger partial charge is 0.333 e. The third-order valence-corrected chi connectivity index (χ3v) is 4.99. The molecule has 1 aliphatic rings. The number of thiazole rings is 1. The Bertz CT molecular complexity index is 1380. The van der Waals surface area contributed by atoms with E-state index in [0.29, 0.717) is 16.5 Å². The predicted octanol–water partition coefficient (Wildman–Crippen LogP) is 0.474. The minimum absolute atomic E-state index is 0.0164. The summed E-state index contributed by atoms with van der Waals surface area (Å²) in [5, 5.41) is 14.3. The molecule has 2 aromatic heterocycles. The van der Waals surface area contributed by atoms with Crippen LogP contribution in [-0.4, -0.2) is 25.1 Å². The highest BCUT2D eigenvalue weighted by Crippen LogP contribution is 2.20. The Morgan fingerprint density at radius 2 is 1.96 bits per heavy atom. The van der Waals surface area contributed by atoms with Crippen molar-refractivity contribution in [1.29, 1.82) is 0 Å². The van der Waals surface area contributed by atoms with E-state index < -0.39 is 17.1 Å². The molecule has 140 valence electrons. The van der Waals surface area contributed by atoms with E-state index in [-0.39, 0.29) is 5.56 Å². The number of hydrogen-bond donors (Lipinski definition) is 1. The van der Waals surface area contributed by atoms with E-state index >= 15 is 0 Å². The fourth-order valence-corrected chi connectivity index (χ4v) is 3.33. The summed E-state index contributed by atoms with van der Waals surface area (Å²) in [5.41, 5.74) is -0.699. The lowest BCUT2D eigenvalue weighted by Crippen LogP contribution is -2.38. The van der Waals surface area contributed by atoms with Gasteiger partial charge in [0.25, 0.3) is 5.56 Å². The van der Waals surface area contributed by atoms with Crippen molar-refractivity contribution in [2.75, 3.05) is 0 Å². The third kappa shape index (κ3) is 3.01. The second-order valence-electron chi connectivity index (χ2n) is 6.11. The van der Waals surface area contributed by atoms with Gasteiger partial charge in [0, 0.05) is 36.5 Å². The summed E-state index contributed by atoms with van der Waals surface area (Å²) in [6.45, 7) is 0. The Hall–Kier alpha value is -3.59. The van der Waals surface area contributed by atoms with Gasteiger partial charge >= 0.3 is 5.69 Å². The van der Waals surface area contributed by atoms with Gasteiger partial charge in [-0.05, 0) is 18.2 Å². The van der Waals surface area contributed by atoms with Crippen LogP contribution in [0.15, 0.2) is 61.0 Å². The summed E-state index contributed by atoms with van der Waals surface area (Å²) in [7, 11) is 2.76. The van der Waals surface area contributed by atoms with Crippen LogP contribution in [-0.2, 0) is 14.1 Å². The van der Waals surface area contributed by atoms with Crippen molar-refractivity contribution in [2.24, 2.45) is 24.1 Å². The zero-order valence-corrected chi connectivity index (χ0v) is 15.8. The topological polar surface area (TPSA) is 102 Å². The summed E-state index contributed by atoms with van der Waals surface area (Å²) >= 11 is 1.36. The van der Waals surface area contributed by atoms with Gasteiger partial charge in [0.05, 0.1) is 5.36 Å². The summed E-state index contributed by atoms with van der Waals surface area (Å²) < 4.78 is 1.96. The molecule has 8 nitrogen and oxygen atoms in total. The molecule has 1 aliphatic heterocycles. The standard InChI is InChI=1S/C19H15N5O3S/c1-23-16(25)13(17(26)24(2)19(23)27)10-12-9-11-5-3-4-6-14(11)21-15(12)22-18-20-7-8-28-18/h3-10,25H,1-2H3/b12-10+,22-15+. The van der Waals surface area contributed by atoms with Gasteiger partial charge in [-0.15, -0.1) is 11.3 Å². The molecule has 0 saturated heterocycles. The fraction of sp³-hybridized carbons (Fsp3) is 0.105. The first-order valence-electron chi connectivity index (χ1n) is 8.30. The largest absolute Gasteiger partial charge is 0.494 e. The molecule has 0 bridgehead atoms. The number of nitrogens with zero attached hydrogens (tertiary/aromatic N) is 5. The van der Waals surface area contributed by atoms with Crippen LogP contribution in [0.2, 0.25) is 0 Å². The van der Waals surface area contributed by atoms with E-state index in [1.165, 1.54) is 31.5 Å². The molecule has 0 fully saturated rings. The third-order valence-electron chi connectivity index (χ3n) is 4.32. The van der Waals surface area contributed by atoms with E-state index in [0.717, 1.165) is 19.7 Å². The van der Waals surface area contributed by atoms with Crippen molar-refractivity contribution < 1.29 is 5.11 Å². The molecule has 3 heterocycles. The van der Waals surface area contributed by atoms with Gasteiger partial charge in [0.1, 0.15) is 5.56 Å². The molecular weight excluding hydrogens is 378 g/mol. The zero-order chi connectivity index (χ0) is 19.8. The Labute approximate surface area is 162 Å². The molecule has 0 spiro atoms. The lowest BCUT2D eigenvalue weighted by Gasteiger charge is -2.10. The lowest BCUT2D eigenvalue weighted by atomic mass is 10.1. The zero-order valence-electron chi connectivity index (χ0n) is 15.0. The van der Waals surface area contributed by atoms with Gasteiger partial charge in [-0.25, -0.2) is 14.8 Å². The Morgan fingerprint density at radius 1 is 1.18 bits per heavy atom. The van der Waals surface area contributed by atoms with Crippen LogP contribution in [0.4, 0.5) is 5.13 Å². The molecule has 0 unspecified atom stereocenters. The van der Waals surface area contributed by atoms with Gasteiger partial charge in [-0.2, -0.15) is 4.99 Å². The van der Waals surface area contributed by atoms with Crippen molar-refractivity contribution >= 4 is 34.5 Å². The molecule has 1 aromatic carbocycles. The molecular formula is C19H15N5O3S. The second kappa shape index (κ2) is 6.86. The molecule has 4 rings (SSSR count). The van der Waals surface area contributed by atoms with Gasteiger partial charge in [0.15, 0.2) is 5.84 Å². The molecule has 0 atom stereocenters. The van der Waals surface area contributed by atoms with Crippen LogP contribution < -0.4 is 21.8 Å². The Balaban J connectivity index is 2.01. The van der Waals surface area contributed by atoms with Crippen molar-refractivity contribution in [3.05, 3.63) is 78.4 Å². The Kier molecular flexibility index (Phi) is 4.36. The van der Waals surface area contributed by atoms with Crippen molar-refractivity contribution in [3.8, 4) is 5.88 Å². The minimum Gasteiger partial charge on any atom is -0.494 e. The van der Waals surface area contributed by atoms with Gasteiger partial charge < -0.3 is 5.11 Å². The average molecular weight is 393 g/mol. The minimum atomic E-state index is -0.607. The molecule has 0 aliphatic carbocycles. The van der Waals surface area contributed by atoms with Crippen LogP contribution in [0.1, 0.15) is 5.56 Å². The SMILES string of the molecule is Cn1c(O)c(/C=C2\C=c3ccccc3=N\C2=N\c2nccs2)c(=O)n(C)c1=O. The van der Waals surface area contributed by atoms with Crippen molar-refractivity contribution in [2.45, 2.75) is 0 Å². The van der Waals surface area contributed by atoms with E-state index in [9.17, 15) is 14.7 Å². The normalized spacial score (nSPS) is 15.9. The van der Waals surface area contributed by atoms with Gasteiger partial charge in [0.2, 0.25) is 11.0 Å². The first-order chi connectivity index (χ1) is 13.5. The number of rotatable bonds is 2. The maximum atomic E-state index is 12.6. The van der Waals surface area contributed by atoms with Crippen molar-refractivity contribution in [3.63, 3.8) is 0 Å². The quantitative estimate of drug-likeness (QED) is 0.684. The predicted molar refractivity (Wildman–Crippen MR) is 107 cm³/mol. The van der Waals surface area contributed by atoms with Crippen LogP contribution >= 0.6 is 11.3 Å². The van der Waals surface area contributed by atoms with E-state index in [1.807, 2.05) is 30.3 Å². The van der Waals surface area contributed by atoms with Crippen LogP contribution in [0, 0.1) is 0 Å². The number of benzene rings is 1. The average Bonchev–Trinajstić information content (AvgIpc) is 3.21. The number of aliphatic imine (C=N–C) groups is 1. The number of aromatic hydroxyl groups is 1.